The Morgan fingerprint density at radius 2 is 2.43 bits per heavy atom. The van der Waals surface area contributed by atoms with Crippen molar-refractivity contribution in [2.24, 2.45) is 17.6 Å². The summed E-state index contributed by atoms with van der Waals surface area (Å²) < 4.78 is 4.14. The first kappa shape index (κ1) is 10.1. The molecule has 0 amide bonds. The molecule has 14 heavy (non-hydrogen) atoms. The van der Waals surface area contributed by atoms with Crippen LogP contribution in [0.5, 0.6) is 0 Å². The summed E-state index contributed by atoms with van der Waals surface area (Å²) in [6.07, 6.45) is 6.77. The number of nitrogens with two attached hydrogens (primary N) is 1. The molecule has 0 saturated heterocycles. The van der Waals surface area contributed by atoms with Crippen LogP contribution >= 0.6 is 11.5 Å². The lowest BCUT2D eigenvalue weighted by Crippen LogP contribution is -2.33. The van der Waals surface area contributed by atoms with Gasteiger partial charge in [0.05, 0.1) is 0 Å². The molecule has 1 aliphatic rings. The molecule has 1 saturated carbocycles. The normalized spacial score (nSPS) is 33.1. The molecule has 0 bridgehead atoms. The highest BCUT2D eigenvalue weighted by molar-refractivity contribution is 7.05. The zero-order chi connectivity index (χ0) is 9.97. The molecule has 1 aromatic rings. The minimum absolute atomic E-state index is 0.434. The average Bonchev–Trinajstić information content (AvgIpc) is 2.64. The maximum atomic E-state index is 6.00. The number of hydrogen-bond acceptors (Lipinski definition) is 3. The van der Waals surface area contributed by atoms with Crippen LogP contribution in [0.1, 0.15) is 31.1 Å². The van der Waals surface area contributed by atoms with Gasteiger partial charge in [0.25, 0.3) is 0 Å². The minimum atomic E-state index is 0.434. The molecule has 0 aliphatic heterocycles. The van der Waals surface area contributed by atoms with E-state index in [1.807, 2.05) is 6.20 Å². The van der Waals surface area contributed by atoms with Crippen LogP contribution < -0.4 is 5.73 Å². The Morgan fingerprint density at radius 1 is 1.57 bits per heavy atom. The van der Waals surface area contributed by atoms with Gasteiger partial charge in [-0.15, -0.1) is 0 Å². The highest BCUT2D eigenvalue weighted by atomic mass is 32.1. The molecule has 1 aromatic heterocycles. The molecule has 78 valence electrons. The zero-order valence-corrected chi connectivity index (χ0v) is 9.46. The van der Waals surface area contributed by atoms with Crippen molar-refractivity contribution in [2.75, 3.05) is 0 Å². The lowest BCUT2D eigenvalue weighted by Gasteiger charge is -2.32. The summed E-state index contributed by atoms with van der Waals surface area (Å²) in [5.74, 6) is 1.61. The van der Waals surface area contributed by atoms with Gasteiger partial charge in [0, 0.05) is 17.1 Å². The Hall–Kier alpha value is -0.410. The van der Waals surface area contributed by atoms with Gasteiger partial charge in [-0.1, -0.05) is 6.92 Å². The van der Waals surface area contributed by atoms with Crippen molar-refractivity contribution in [3.05, 3.63) is 17.1 Å². The van der Waals surface area contributed by atoms with Gasteiger partial charge in [-0.3, -0.25) is 0 Å². The Labute approximate surface area is 89.7 Å². The van der Waals surface area contributed by atoms with Gasteiger partial charge in [0.2, 0.25) is 0 Å². The number of hydrogen-bond donors (Lipinski definition) is 1. The molecule has 0 spiro atoms. The van der Waals surface area contributed by atoms with Crippen LogP contribution in [0.15, 0.2) is 12.3 Å². The van der Waals surface area contributed by atoms with E-state index in [9.17, 15) is 0 Å². The summed E-state index contributed by atoms with van der Waals surface area (Å²) >= 11 is 1.63. The Bertz CT molecular complexity index is 271. The first-order valence-corrected chi connectivity index (χ1v) is 6.18. The van der Waals surface area contributed by atoms with Crippen molar-refractivity contribution in [1.29, 1.82) is 0 Å². The zero-order valence-electron chi connectivity index (χ0n) is 8.65. The monoisotopic (exact) mass is 210 g/mol. The van der Waals surface area contributed by atoms with Gasteiger partial charge in [-0.25, -0.2) is 4.37 Å². The van der Waals surface area contributed by atoms with Crippen molar-refractivity contribution >= 4 is 11.5 Å². The van der Waals surface area contributed by atoms with E-state index in [0.717, 1.165) is 11.8 Å². The number of nitrogens with zero attached hydrogens (tertiary/aromatic N) is 1. The highest BCUT2D eigenvalue weighted by Crippen LogP contribution is 2.32. The molecule has 2 N–H and O–H groups in total. The number of rotatable bonds is 2. The van der Waals surface area contributed by atoms with Gasteiger partial charge in [0.1, 0.15) is 0 Å². The van der Waals surface area contributed by atoms with Crippen LogP contribution in [0.3, 0.4) is 0 Å². The standard InChI is InChI=1S/C11H18N2S/c1-8-2-3-10(12)6-9(8)7-11-4-5-13-14-11/h4-5,8-10H,2-3,6-7,12H2,1H3. The van der Waals surface area contributed by atoms with Gasteiger partial charge >= 0.3 is 0 Å². The third kappa shape index (κ3) is 2.34. The van der Waals surface area contributed by atoms with Gasteiger partial charge < -0.3 is 5.73 Å². The van der Waals surface area contributed by atoms with E-state index in [0.29, 0.717) is 6.04 Å². The predicted octanol–water partition coefficient (Wildman–Crippen LogP) is 2.45. The van der Waals surface area contributed by atoms with E-state index in [1.54, 1.807) is 11.5 Å². The van der Waals surface area contributed by atoms with Crippen molar-refractivity contribution in [3.63, 3.8) is 0 Å². The van der Waals surface area contributed by atoms with Crippen molar-refractivity contribution < 1.29 is 0 Å². The summed E-state index contributed by atoms with van der Waals surface area (Å²) in [4.78, 5) is 1.41. The van der Waals surface area contributed by atoms with Crippen LogP contribution in [0, 0.1) is 11.8 Å². The van der Waals surface area contributed by atoms with E-state index >= 15 is 0 Å². The van der Waals surface area contributed by atoms with Crippen LogP contribution in [0.2, 0.25) is 0 Å². The molecular formula is C11H18N2S. The van der Waals surface area contributed by atoms with E-state index in [-0.39, 0.29) is 0 Å². The summed E-state index contributed by atoms with van der Waals surface area (Å²) in [7, 11) is 0. The molecular weight excluding hydrogens is 192 g/mol. The predicted molar refractivity (Wildman–Crippen MR) is 60.3 cm³/mol. The Kier molecular flexibility index (Phi) is 3.19. The van der Waals surface area contributed by atoms with Crippen LogP contribution in [0.4, 0.5) is 0 Å². The first-order valence-electron chi connectivity index (χ1n) is 5.41. The maximum absolute atomic E-state index is 6.00. The SMILES string of the molecule is CC1CCC(N)CC1Cc1ccns1. The van der Waals surface area contributed by atoms with Crippen LogP contribution in [-0.4, -0.2) is 10.4 Å². The molecule has 3 unspecified atom stereocenters. The molecule has 3 atom stereocenters. The summed E-state index contributed by atoms with van der Waals surface area (Å²) in [5, 5.41) is 0. The van der Waals surface area contributed by atoms with Crippen molar-refractivity contribution in [1.82, 2.24) is 4.37 Å². The van der Waals surface area contributed by atoms with Gasteiger partial charge in [-0.05, 0) is 55.1 Å². The molecule has 1 heterocycles. The fraction of sp³-hybridized carbons (Fsp3) is 0.727. The molecule has 3 heteroatoms. The molecule has 2 nitrogen and oxygen atoms in total. The number of aromatic nitrogens is 1. The average molecular weight is 210 g/mol. The summed E-state index contributed by atoms with van der Waals surface area (Å²) in [6.45, 7) is 2.36. The minimum Gasteiger partial charge on any atom is -0.328 e. The lowest BCUT2D eigenvalue weighted by molar-refractivity contribution is 0.232. The molecule has 1 fully saturated rings. The van der Waals surface area contributed by atoms with E-state index < -0.39 is 0 Å². The van der Waals surface area contributed by atoms with Crippen LogP contribution in [0.25, 0.3) is 0 Å². The van der Waals surface area contributed by atoms with Crippen LogP contribution in [-0.2, 0) is 6.42 Å². The first-order chi connectivity index (χ1) is 6.75. The van der Waals surface area contributed by atoms with Gasteiger partial charge in [0.15, 0.2) is 0 Å². The summed E-state index contributed by atoms with van der Waals surface area (Å²) in [6, 6.07) is 2.57. The topological polar surface area (TPSA) is 38.9 Å². The fourth-order valence-electron chi connectivity index (χ4n) is 2.34. The van der Waals surface area contributed by atoms with E-state index in [4.69, 9.17) is 5.73 Å². The largest absolute Gasteiger partial charge is 0.328 e. The lowest BCUT2D eigenvalue weighted by atomic mass is 9.76. The Morgan fingerprint density at radius 3 is 3.14 bits per heavy atom. The van der Waals surface area contributed by atoms with Crippen molar-refractivity contribution in [3.8, 4) is 0 Å². The smallest absolute Gasteiger partial charge is 0.0409 e. The van der Waals surface area contributed by atoms with E-state index in [1.165, 1.54) is 30.6 Å². The van der Waals surface area contributed by atoms with E-state index in [2.05, 4.69) is 17.4 Å². The maximum Gasteiger partial charge on any atom is 0.0409 e. The Balaban J connectivity index is 1.95. The molecule has 2 rings (SSSR count). The second-order valence-corrected chi connectivity index (χ2v) is 5.41. The second kappa shape index (κ2) is 4.41. The highest BCUT2D eigenvalue weighted by Gasteiger charge is 2.25. The molecule has 0 aromatic carbocycles. The fourth-order valence-corrected chi connectivity index (χ4v) is 3.01. The molecule has 1 aliphatic carbocycles. The molecule has 0 radical (unpaired) electrons. The third-order valence-corrected chi connectivity index (χ3v) is 4.12. The third-order valence-electron chi connectivity index (χ3n) is 3.36. The summed E-state index contributed by atoms with van der Waals surface area (Å²) in [5.41, 5.74) is 6.00. The van der Waals surface area contributed by atoms with Crippen molar-refractivity contribution in [2.45, 2.75) is 38.6 Å². The quantitative estimate of drug-likeness (QED) is 0.814. The van der Waals surface area contributed by atoms with Gasteiger partial charge in [-0.2, -0.15) is 0 Å². The second-order valence-electron chi connectivity index (χ2n) is 4.49.